The van der Waals surface area contributed by atoms with Crippen molar-refractivity contribution in [3.8, 4) is 5.75 Å². The van der Waals surface area contributed by atoms with Gasteiger partial charge in [-0.25, -0.2) is 9.78 Å². The third kappa shape index (κ3) is 17.0. The van der Waals surface area contributed by atoms with E-state index >= 15 is 0 Å². The highest BCUT2D eigenvalue weighted by molar-refractivity contribution is 6.00. The Hall–Kier alpha value is -8.09. The molecular formula is C51H71N13O12. The van der Waals surface area contributed by atoms with Gasteiger partial charge < -0.3 is 74.7 Å². The van der Waals surface area contributed by atoms with E-state index in [1.807, 2.05) is 0 Å². The van der Waals surface area contributed by atoms with E-state index in [4.69, 9.17) is 17.2 Å². The Kier molecular flexibility index (Phi) is 21.2. The lowest BCUT2D eigenvalue weighted by atomic mass is 9.93. The molecule has 0 unspecified atom stereocenters. The Morgan fingerprint density at radius 3 is 1.71 bits per heavy atom. The quantitative estimate of drug-likeness (QED) is 0.0236. The molecule has 3 aromatic rings. The highest BCUT2D eigenvalue weighted by atomic mass is 16.4. The second-order valence-corrected chi connectivity index (χ2v) is 19.8. The first kappa shape index (κ1) is 58.8. The molecule has 2 fully saturated rings. The number of aliphatic carboxylic acids is 2. The number of phenolic OH excluding ortho intramolecular Hbond substituents is 1. The van der Waals surface area contributed by atoms with Crippen molar-refractivity contribution >= 4 is 59.2 Å². The maximum atomic E-state index is 14.6. The number of hydrogen-bond acceptors (Lipinski definition) is 13. The van der Waals surface area contributed by atoms with E-state index in [9.17, 15) is 58.5 Å². The second-order valence-electron chi connectivity index (χ2n) is 19.8. The number of carbonyl (C=O) groups is 9. The molecule has 25 nitrogen and oxygen atoms in total. The van der Waals surface area contributed by atoms with Crippen LogP contribution in [0.2, 0.25) is 0 Å². The first-order valence-corrected chi connectivity index (χ1v) is 25.3. The third-order valence-corrected chi connectivity index (χ3v) is 13.6. The number of benzene rings is 2. The number of imidazole rings is 1. The van der Waals surface area contributed by atoms with Crippen LogP contribution in [0, 0.1) is 5.92 Å². The summed E-state index contributed by atoms with van der Waals surface area (Å²) in [6.07, 6.45) is 4.63. The zero-order valence-electron chi connectivity index (χ0n) is 42.6. The van der Waals surface area contributed by atoms with E-state index in [1.165, 1.54) is 36.8 Å². The Morgan fingerprint density at radius 1 is 0.658 bits per heavy atom. The summed E-state index contributed by atoms with van der Waals surface area (Å²) >= 11 is 0. The molecule has 7 amide bonds. The molecule has 25 heteroatoms. The molecule has 1 heterocycles. The summed E-state index contributed by atoms with van der Waals surface area (Å²) in [4.78, 5) is 134. The number of aliphatic imine (C=N–C) groups is 1. The lowest BCUT2D eigenvalue weighted by Crippen LogP contribution is -2.65. The van der Waals surface area contributed by atoms with E-state index in [0.717, 1.165) is 0 Å². The SMILES string of the molecule is CC(C)[C@H](NC(=O)[C@H](Cc1ccc(O)cc1)NC(=O)C1(NC(=O)[C@H](CCCN=C(N)N)NC(=O)[C@@H](N)CC(=O)O)CCCC1)C(=O)N[C@@H](Cc1cnc[nH]1)C(=O)NC1(C(=O)N[C@@H](Cc2ccccc2)C(=O)O)CCCC1. The predicted octanol–water partition coefficient (Wildman–Crippen LogP) is -0.979. The Balaban J connectivity index is 1.37. The molecule has 0 aliphatic heterocycles. The van der Waals surface area contributed by atoms with Crippen LogP contribution in [0.3, 0.4) is 0 Å². The molecule has 5 rings (SSSR count). The Labute approximate surface area is 439 Å². The topological polar surface area (TPSA) is 418 Å². The molecule has 412 valence electrons. The summed E-state index contributed by atoms with van der Waals surface area (Å²) in [7, 11) is 0. The van der Waals surface area contributed by atoms with Crippen molar-refractivity contribution in [2.24, 2.45) is 28.1 Å². The van der Waals surface area contributed by atoms with Crippen LogP contribution in [-0.2, 0) is 62.4 Å². The van der Waals surface area contributed by atoms with Gasteiger partial charge in [-0.3, -0.25) is 43.3 Å². The van der Waals surface area contributed by atoms with Gasteiger partial charge in [0.2, 0.25) is 41.4 Å². The molecule has 2 saturated carbocycles. The molecule has 2 aromatic carbocycles. The van der Waals surface area contributed by atoms with Gasteiger partial charge in [-0.1, -0.05) is 82.0 Å². The largest absolute Gasteiger partial charge is 0.508 e. The lowest BCUT2D eigenvalue weighted by Gasteiger charge is -2.34. The second kappa shape index (κ2) is 27.4. The summed E-state index contributed by atoms with van der Waals surface area (Å²) < 4.78 is 0. The highest BCUT2D eigenvalue weighted by Crippen LogP contribution is 2.32. The molecule has 2 aliphatic rings. The fraction of sp³-hybridized carbons (Fsp3) is 0.510. The number of nitrogens with one attached hydrogen (secondary N) is 8. The smallest absolute Gasteiger partial charge is 0.326 e. The number of aromatic hydroxyl groups is 1. The van der Waals surface area contributed by atoms with Crippen LogP contribution in [0.15, 0.2) is 72.1 Å². The minimum absolute atomic E-state index is 0.0105. The summed E-state index contributed by atoms with van der Waals surface area (Å²) in [6, 6.07) is 6.37. The van der Waals surface area contributed by atoms with Crippen molar-refractivity contribution in [1.29, 1.82) is 0 Å². The lowest BCUT2D eigenvalue weighted by molar-refractivity contribution is -0.143. The number of nitrogens with zero attached hydrogens (tertiary/aromatic N) is 2. The number of H-pyrrole nitrogens is 1. The standard InChI is InChI=1S/C51H71N13O12/c1-29(2)40(45(72)59-37(25-32-27-55-28-57-32)44(71)64-51(20-8-9-21-51)48(76)61-38(46(73)74)24-30-11-4-3-5-12-30)62-42(69)36(23-31-14-16-33(65)17-15-31)60-47(75)50(18-6-7-19-50)63-43(70)35(13-10-22-56-49(53)54)58-41(68)34(52)26-39(66)67/h3-5,11-12,14-17,27-29,34-38,40,65H,6-10,13,18-26,52H2,1-2H3,(H,55,57)(H,58,68)(H,59,72)(H,60,75)(H,61,76)(H,62,69)(H,63,70)(H,64,71)(H,66,67)(H,73,74)(H4,53,54,56)/t34-,35-,36-,37-,38-,40-/m0/s1. The number of hydrogen-bond donors (Lipinski definition) is 14. The van der Waals surface area contributed by atoms with Crippen molar-refractivity contribution in [3.63, 3.8) is 0 Å². The number of aromatic nitrogens is 2. The number of carboxylic acid groups (broad SMARTS) is 2. The predicted molar refractivity (Wildman–Crippen MR) is 275 cm³/mol. The molecule has 6 atom stereocenters. The fourth-order valence-corrected chi connectivity index (χ4v) is 9.35. The minimum atomic E-state index is -1.61. The van der Waals surface area contributed by atoms with Gasteiger partial charge in [-0.15, -0.1) is 0 Å². The summed E-state index contributed by atoms with van der Waals surface area (Å²) in [6.45, 7) is 3.37. The van der Waals surface area contributed by atoms with E-state index < -0.39 is 113 Å². The van der Waals surface area contributed by atoms with E-state index in [0.29, 0.717) is 42.5 Å². The molecular weight excluding hydrogens is 987 g/mol. The van der Waals surface area contributed by atoms with Crippen LogP contribution in [0.4, 0.5) is 0 Å². The van der Waals surface area contributed by atoms with Gasteiger partial charge in [0, 0.05) is 37.7 Å². The number of amides is 7. The van der Waals surface area contributed by atoms with Crippen LogP contribution in [-0.4, -0.2) is 138 Å². The van der Waals surface area contributed by atoms with E-state index in [2.05, 4.69) is 52.2 Å². The van der Waals surface area contributed by atoms with Crippen LogP contribution in [0.5, 0.6) is 5.75 Å². The number of rotatable bonds is 28. The number of nitrogens with two attached hydrogens (primary N) is 3. The first-order valence-electron chi connectivity index (χ1n) is 25.3. The van der Waals surface area contributed by atoms with E-state index in [1.54, 1.807) is 44.2 Å². The molecule has 0 bridgehead atoms. The Morgan fingerprint density at radius 2 is 1.18 bits per heavy atom. The van der Waals surface area contributed by atoms with Gasteiger partial charge >= 0.3 is 11.9 Å². The van der Waals surface area contributed by atoms with Crippen LogP contribution >= 0.6 is 0 Å². The Bertz CT molecular complexity index is 2530. The number of phenols is 1. The number of carboxylic acids is 2. The monoisotopic (exact) mass is 1060 g/mol. The van der Waals surface area contributed by atoms with Gasteiger partial charge in [-0.2, -0.15) is 0 Å². The molecule has 0 saturated heterocycles. The molecule has 1 aromatic heterocycles. The van der Waals surface area contributed by atoms with Crippen LogP contribution in [0.1, 0.15) is 101 Å². The van der Waals surface area contributed by atoms with Crippen molar-refractivity contribution in [3.05, 3.63) is 83.9 Å². The summed E-state index contributed by atoms with van der Waals surface area (Å²) in [5.41, 5.74) is 15.2. The maximum Gasteiger partial charge on any atom is 0.326 e. The fourth-order valence-electron chi connectivity index (χ4n) is 9.35. The third-order valence-electron chi connectivity index (χ3n) is 13.6. The normalized spacial score (nSPS) is 16.8. The van der Waals surface area contributed by atoms with Crippen molar-refractivity contribution < 1.29 is 58.5 Å². The zero-order chi connectivity index (χ0) is 55.6. The molecule has 0 spiro atoms. The maximum absolute atomic E-state index is 14.6. The van der Waals surface area contributed by atoms with Gasteiger partial charge in [0.1, 0.15) is 47.0 Å². The summed E-state index contributed by atoms with van der Waals surface area (Å²) in [5.74, 6) is -9.06. The number of aromatic amines is 1. The van der Waals surface area contributed by atoms with Gasteiger partial charge in [0.25, 0.3) is 0 Å². The summed E-state index contributed by atoms with van der Waals surface area (Å²) in [5, 5.41) is 48.4. The molecule has 76 heavy (non-hydrogen) atoms. The molecule has 0 radical (unpaired) electrons. The first-order chi connectivity index (χ1) is 36.1. The van der Waals surface area contributed by atoms with Gasteiger partial charge in [0.15, 0.2) is 5.96 Å². The van der Waals surface area contributed by atoms with Crippen LogP contribution < -0.4 is 54.4 Å². The number of carbonyl (C=O) groups excluding carboxylic acids is 7. The van der Waals surface area contributed by atoms with Crippen molar-refractivity contribution in [2.45, 2.75) is 151 Å². The highest BCUT2D eigenvalue weighted by Gasteiger charge is 2.47. The van der Waals surface area contributed by atoms with E-state index in [-0.39, 0.29) is 76.0 Å². The average Bonchev–Trinajstić information content (AvgIpc) is 4.18. The van der Waals surface area contributed by atoms with Crippen molar-refractivity contribution in [1.82, 2.24) is 47.2 Å². The molecule has 2 aliphatic carbocycles. The molecule has 17 N–H and O–H groups in total. The average molecular weight is 1060 g/mol. The zero-order valence-corrected chi connectivity index (χ0v) is 42.6. The van der Waals surface area contributed by atoms with Crippen molar-refractivity contribution in [2.75, 3.05) is 6.54 Å². The van der Waals surface area contributed by atoms with Gasteiger partial charge in [-0.05, 0) is 67.7 Å². The number of guanidine groups is 1. The van der Waals surface area contributed by atoms with Gasteiger partial charge in [0.05, 0.1) is 18.8 Å². The van der Waals surface area contributed by atoms with Crippen LogP contribution in [0.25, 0.3) is 0 Å². The minimum Gasteiger partial charge on any atom is -0.508 e.